The number of carbonyl (C=O) groups is 1. The molecule has 1 unspecified atom stereocenters. The van der Waals surface area contributed by atoms with Crippen LogP contribution >= 0.6 is 0 Å². The largest absolute Gasteiger partial charge is 0.481 e. The second-order valence-corrected chi connectivity index (χ2v) is 5.20. The predicted molar refractivity (Wildman–Crippen MR) is 68.2 cm³/mol. The van der Waals surface area contributed by atoms with Crippen LogP contribution in [-0.2, 0) is 18.4 Å². The third-order valence-corrected chi connectivity index (χ3v) is 3.87. The van der Waals surface area contributed by atoms with E-state index < -0.39 is 5.97 Å². The zero-order valence-electron chi connectivity index (χ0n) is 11.1. The number of aliphatic carboxylic acids is 1. The van der Waals surface area contributed by atoms with Crippen LogP contribution in [0.4, 0.5) is 0 Å². The lowest BCUT2D eigenvalue weighted by Crippen LogP contribution is -2.20. The zero-order chi connectivity index (χ0) is 13.1. The smallest absolute Gasteiger partial charge is 0.303 e. The molecule has 1 aliphatic heterocycles. The number of rotatable bonds is 5. The van der Waals surface area contributed by atoms with Gasteiger partial charge in [-0.15, -0.1) is 0 Å². The van der Waals surface area contributed by atoms with Gasteiger partial charge in [-0.2, -0.15) is 5.10 Å². The number of nitrogens with zero attached hydrogens (tertiary/aromatic N) is 3. The Morgan fingerprint density at radius 3 is 3.00 bits per heavy atom. The highest BCUT2D eigenvalue weighted by atomic mass is 16.4. The third-order valence-electron chi connectivity index (χ3n) is 3.87. The van der Waals surface area contributed by atoms with Crippen molar-refractivity contribution in [3.05, 3.63) is 17.5 Å². The Kier molecular flexibility index (Phi) is 4.01. The molecule has 1 aromatic heterocycles. The molecule has 1 aliphatic rings. The van der Waals surface area contributed by atoms with Gasteiger partial charge in [-0.3, -0.25) is 14.4 Å². The van der Waals surface area contributed by atoms with Gasteiger partial charge in [-0.1, -0.05) is 0 Å². The standard InChI is InChI=1S/C13H21N3O2/c1-10-12(7-14-15(10)2)9-16-6-5-11(8-16)3-4-13(17)18/h7,11H,3-6,8-9H2,1-2H3,(H,17,18). The van der Waals surface area contributed by atoms with Gasteiger partial charge < -0.3 is 5.11 Å². The quantitative estimate of drug-likeness (QED) is 0.859. The average molecular weight is 251 g/mol. The van der Waals surface area contributed by atoms with Crippen molar-refractivity contribution >= 4 is 5.97 Å². The van der Waals surface area contributed by atoms with Crippen LogP contribution in [0.5, 0.6) is 0 Å². The van der Waals surface area contributed by atoms with E-state index in [1.54, 1.807) is 0 Å². The first kappa shape index (κ1) is 13.1. The summed E-state index contributed by atoms with van der Waals surface area (Å²) in [7, 11) is 1.96. The van der Waals surface area contributed by atoms with Gasteiger partial charge in [-0.25, -0.2) is 0 Å². The Hall–Kier alpha value is -1.36. The van der Waals surface area contributed by atoms with Gasteiger partial charge in [0.25, 0.3) is 0 Å². The number of likely N-dealkylation sites (tertiary alicyclic amines) is 1. The van der Waals surface area contributed by atoms with Crippen LogP contribution < -0.4 is 0 Å². The summed E-state index contributed by atoms with van der Waals surface area (Å²) in [5.74, 6) is -0.144. The predicted octanol–water partition coefficient (Wildman–Crippen LogP) is 1.42. The van der Waals surface area contributed by atoms with Crippen LogP contribution in [0.15, 0.2) is 6.20 Å². The first-order valence-corrected chi connectivity index (χ1v) is 6.48. The summed E-state index contributed by atoms with van der Waals surface area (Å²) in [6.07, 6.45) is 4.15. The van der Waals surface area contributed by atoms with Crippen LogP contribution in [0.25, 0.3) is 0 Å². The molecule has 1 saturated heterocycles. The summed E-state index contributed by atoms with van der Waals surface area (Å²) in [4.78, 5) is 13.0. The molecule has 0 saturated carbocycles. The number of aryl methyl sites for hydroxylation is 1. The summed E-state index contributed by atoms with van der Waals surface area (Å²) in [5, 5.41) is 12.9. The molecule has 0 bridgehead atoms. The normalized spacial score (nSPS) is 20.4. The molecule has 100 valence electrons. The van der Waals surface area contributed by atoms with Crippen molar-refractivity contribution < 1.29 is 9.90 Å². The van der Waals surface area contributed by atoms with Gasteiger partial charge in [0.05, 0.1) is 6.20 Å². The van der Waals surface area contributed by atoms with Crippen molar-refractivity contribution in [2.24, 2.45) is 13.0 Å². The summed E-state index contributed by atoms with van der Waals surface area (Å²) >= 11 is 0. The van der Waals surface area contributed by atoms with Crippen molar-refractivity contribution in [2.45, 2.75) is 32.7 Å². The number of hydrogen-bond acceptors (Lipinski definition) is 3. The van der Waals surface area contributed by atoms with E-state index >= 15 is 0 Å². The third kappa shape index (κ3) is 3.10. The van der Waals surface area contributed by atoms with E-state index in [0.29, 0.717) is 12.3 Å². The molecule has 1 atom stereocenters. The molecule has 1 N–H and O–H groups in total. The topological polar surface area (TPSA) is 58.4 Å². The first-order chi connectivity index (χ1) is 8.56. The molecular formula is C13H21N3O2. The van der Waals surface area contributed by atoms with Crippen molar-refractivity contribution in [3.63, 3.8) is 0 Å². The van der Waals surface area contributed by atoms with Gasteiger partial charge >= 0.3 is 5.97 Å². The summed E-state index contributed by atoms with van der Waals surface area (Å²) in [6.45, 7) is 5.10. The highest BCUT2D eigenvalue weighted by Crippen LogP contribution is 2.23. The summed E-state index contributed by atoms with van der Waals surface area (Å²) in [5.41, 5.74) is 2.49. The Morgan fingerprint density at radius 2 is 2.39 bits per heavy atom. The summed E-state index contributed by atoms with van der Waals surface area (Å²) in [6, 6.07) is 0. The second-order valence-electron chi connectivity index (χ2n) is 5.20. The molecule has 2 rings (SSSR count). The van der Waals surface area contributed by atoms with E-state index in [0.717, 1.165) is 32.5 Å². The fourth-order valence-corrected chi connectivity index (χ4v) is 2.56. The number of aromatic nitrogens is 2. The molecule has 1 aromatic rings. The molecule has 0 spiro atoms. The van der Waals surface area contributed by atoms with E-state index in [2.05, 4.69) is 16.9 Å². The fraction of sp³-hybridized carbons (Fsp3) is 0.692. The molecule has 0 aromatic carbocycles. The van der Waals surface area contributed by atoms with Gasteiger partial charge in [0, 0.05) is 37.8 Å². The van der Waals surface area contributed by atoms with Crippen LogP contribution in [0, 0.1) is 12.8 Å². The van der Waals surface area contributed by atoms with Gasteiger partial charge in [-0.05, 0) is 32.2 Å². The zero-order valence-corrected chi connectivity index (χ0v) is 11.1. The molecule has 18 heavy (non-hydrogen) atoms. The van der Waals surface area contributed by atoms with Gasteiger partial charge in [0.1, 0.15) is 0 Å². The van der Waals surface area contributed by atoms with Crippen molar-refractivity contribution in [3.8, 4) is 0 Å². The van der Waals surface area contributed by atoms with Crippen LogP contribution in [0.3, 0.4) is 0 Å². The maximum atomic E-state index is 10.6. The Labute approximate surface area is 107 Å². The SMILES string of the molecule is Cc1c(CN2CCC(CCC(=O)O)C2)cnn1C. The lowest BCUT2D eigenvalue weighted by atomic mass is 10.0. The molecule has 0 radical (unpaired) electrons. The van der Waals surface area contributed by atoms with Crippen molar-refractivity contribution in [2.75, 3.05) is 13.1 Å². The highest BCUT2D eigenvalue weighted by Gasteiger charge is 2.23. The van der Waals surface area contributed by atoms with E-state index in [1.165, 1.54) is 11.3 Å². The van der Waals surface area contributed by atoms with E-state index in [-0.39, 0.29) is 0 Å². The van der Waals surface area contributed by atoms with Gasteiger partial charge in [0.15, 0.2) is 0 Å². The highest BCUT2D eigenvalue weighted by molar-refractivity contribution is 5.66. The van der Waals surface area contributed by atoms with Crippen molar-refractivity contribution in [1.82, 2.24) is 14.7 Å². The first-order valence-electron chi connectivity index (χ1n) is 6.48. The average Bonchev–Trinajstić information content (AvgIpc) is 2.89. The van der Waals surface area contributed by atoms with Gasteiger partial charge in [0.2, 0.25) is 0 Å². The van der Waals surface area contributed by atoms with E-state index in [1.807, 2.05) is 17.9 Å². The maximum absolute atomic E-state index is 10.6. The van der Waals surface area contributed by atoms with E-state index in [4.69, 9.17) is 5.11 Å². The molecule has 1 fully saturated rings. The Bertz CT molecular complexity index is 428. The molecule has 0 amide bonds. The maximum Gasteiger partial charge on any atom is 0.303 e. The van der Waals surface area contributed by atoms with Crippen LogP contribution in [0.1, 0.15) is 30.5 Å². The number of carboxylic acid groups (broad SMARTS) is 1. The number of carboxylic acids is 1. The monoisotopic (exact) mass is 251 g/mol. The summed E-state index contributed by atoms with van der Waals surface area (Å²) < 4.78 is 1.90. The molecular weight excluding hydrogens is 230 g/mol. The molecule has 5 heteroatoms. The second kappa shape index (κ2) is 5.52. The fourth-order valence-electron chi connectivity index (χ4n) is 2.56. The minimum atomic E-state index is -0.684. The number of hydrogen-bond donors (Lipinski definition) is 1. The molecule has 0 aliphatic carbocycles. The minimum absolute atomic E-state index is 0.296. The Morgan fingerprint density at radius 1 is 1.61 bits per heavy atom. The lowest BCUT2D eigenvalue weighted by molar-refractivity contribution is -0.137. The van der Waals surface area contributed by atoms with Crippen LogP contribution in [0.2, 0.25) is 0 Å². The molecule has 2 heterocycles. The Balaban J connectivity index is 1.82. The minimum Gasteiger partial charge on any atom is -0.481 e. The van der Waals surface area contributed by atoms with E-state index in [9.17, 15) is 4.79 Å². The van der Waals surface area contributed by atoms with Crippen molar-refractivity contribution in [1.29, 1.82) is 0 Å². The lowest BCUT2D eigenvalue weighted by Gasteiger charge is -2.15. The van der Waals surface area contributed by atoms with Crippen LogP contribution in [-0.4, -0.2) is 38.8 Å². The molecule has 5 nitrogen and oxygen atoms in total.